The maximum atomic E-state index is 10.5. The molecule has 9 nitrogen and oxygen atoms in total. The third-order valence-electron chi connectivity index (χ3n) is 5.68. The Morgan fingerprint density at radius 3 is 2.03 bits per heavy atom. The largest absolute Gasteiger partial charge is 0.492 e. The van der Waals surface area contributed by atoms with E-state index in [0.717, 1.165) is 45.1 Å². The van der Waals surface area contributed by atoms with Crippen LogP contribution in [-0.4, -0.2) is 103 Å². The summed E-state index contributed by atoms with van der Waals surface area (Å²) >= 11 is 0. The summed E-state index contributed by atoms with van der Waals surface area (Å²) in [4.78, 5) is 29.1. The summed E-state index contributed by atoms with van der Waals surface area (Å²) in [6, 6.07) is -0.0818. The summed E-state index contributed by atoms with van der Waals surface area (Å²) in [5.41, 5.74) is 5.55. The number of unbranched alkanes of at least 4 members (excludes halogenated alkanes) is 4. The van der Waals surface area contributed by atoms with E-state index in [0.29, 0.717) is 38.6 Å². The summed E-state index contributed by atoms with van der Waals surface area (Å²) in [6.07, 6.45) is 7.68. The Hall–Kier alpha value is -0.143. The normalized spacial score (nSPS) is 15.2. The summed E-state index contributed by atoms with van der Waals surface area (Å²) < 4.78 is 11.2. The van der Waals surface area contributed by atoms with Crippen LogP contribution in [0.25, 0.3) is 0 Å². The van der Waals surface area contributed by atoms with Crippen molar-refractivity contribution in [3.8, 4) is 0 Å². The predicted octanol–water partition coefficient (Wildman–Crippen LogP) is 1.08. The molecule has 0 rings (SSSR count). The van der Waals surface area contributed by atoms with Crippen molar-refractivity contribution in [3.63, 3.8) is 0 Å². The number of nitrogens with zero attached hydrogens (tertiary/aromatic N) is 1. The Bertz CT molecular complexity index is 430. The van der Waals surface area contributed by atoms with Crippen LogP contribution < -0.4 is 5.73 Å². The molecule has 0 aromatic carbocycles. The van der Waals surface area contributed by atoms with Crippen molar-refractivity contribution in [2.24, 2.45) is 11.7 Å². The van der Waals surface area contributed by atoms with Gasteiger partial charge in [-0.25, -0.2) is 0 Å². The number of nitrogens with two attached hydrogens (primary N) is 1. The zero-order chi connectivity index (χ0) is 25.0. The highest BCUT2D eigenvalue weighted by Gasteiger charge is 2.25. The molecule has 3 unspecified atom stereocenters. The van der Waals surface area contributed by atoms with Crippen LogP contribution in [0, 0.1) is 5.92 Å². The molecule has 0 saturated heterocycles. The van der Waals surface area contributed by atoms with Crippen molar-refractivity contribution in [1.29, 1.82) is 0 Å². The van der Waals surface area contributed by atoms with E-state index in [2.05, 4.69) is 13.8 Å². The van der Waals surface area contributed by atoms with Crippen LogP contribution in [-0.2, 0) is 9.47 Å². The van der Waals surface area contributed by atoms with Crippen LogP contribution in [0.1, 0.15) is 71.6 Å². The topological polar surface area (TPSA) is 149 Å². The molecule has 0 aliphatic rings. The Labute approximate surface area is 202 Å². The van der Waals surface area contributed by atoms with Gasteiger partial charge in [-0.1, -0.05) is 46.0 Å². The van der Waals surface area contributed by atoms with Gasteiger partial charge < -0.3 is 39.8 Å². The van der Waals surface area contributed by atoms with Crippen LogP contribution in [0.5, 0.6) is 0 Å². The van der Waals surface area contributed by atoms with Gasteiger partial charge in [0.2, 0.25) is 0 Å². The summed E-state index contributed by atoms with van der Waals surface area (Å²) in [5.74, 6) is 0.532. The average Bonchev–Trinajstić information content (AvgIpc) is 2.74. The minimum Gasteiger partial charge on any atom is -0.390 e. The molecule has 3 atom stereocenters. The molecule has 7 N–H and O–H groups in total. The van der Waals surface area contributed by atoms with Crippen molar-refractivity contribution in [1.82, 2.24) is 4.90 Å². The summed E-state index contributed by atoms with van der Waals surface area (Å²) in [7, 11) is -4.03. The van der Waals surface area contributed by atoms with Crippen molar-refractivity contribution >= 4 is 8.80 Å². The van der Waals surface area contributed by atoms with E-state index in [1.165, 1.54) is 12.8 Å². The number of hydrogen-bond acceptors (Lipinski definition) is 9. The molecule has 0 bridgehead atoms. The van der Waals surface area contributed by atoms with E-state index in [1.807, 2.05) is 4.90 Å². The number of hydrogen-bond donors (Lipinski definition) is 6. The quantitative estimate of drug-likeness (QED) is 0.0852. The molecule has 0 spiro atoms. The molecule has 0 aliphatic carbocycles. The second kappa shape index (κ2) is 21.2. The second-order valence-electron chi connectivity index (χ2n) is 9.18. The molecule has 0 aliphatic heterocycles. The molecule has 0 saturated carbocycles. The van der Waals surface area contributed by atoms with Gasteiger partial charge in [-0.15, -0.1) is 0 Å². The van der Waals surface area contributed by atoms with E-state index >= 15 is 0 Å². The fourth-order valence-electron chi connectivity index (χ4n) is 3.69. The SMILES string of the molecule is CCCCC(CC)COCC(O)CN(CCCCCCN)CC(O)COCCC[Si](O)(O)O. The summed E-state index contributed by atoms with van der Waals surface area (Å²) in [5, 5.41) is 20.9. The molecule has 0 aromatic heterocycles. The molecule has 0 fully saturated rings. The maximum Gasteiger partial charge on any atom is 0.492 e. The van der Waals surface area contributed by atoms with Gasteiger partial charge >= 0.3 is 8.80 Å². The molecule has 0 aromatic rings. The van der Waals surface area contributed by atoms with E-state index in [9.17, 15) is 10.2 Å². The van der Waals surface area contributed by atoms with E-state index in [4.69, 9.17) is 29.6 Å². The molecule has 200 valence electrons. The fraction of sp³-hybridized carbons (Fsp3) is 1.00. The minimum absolute atomic E-state index is 0.0818. The van der Waals surface area contributed by atoms with Crippen LogP contribution in [0.15, 0.2) is 0 Å². The first-order chi connectivity index (χ1) is 15.7. The highest BCUT2D eigenvalue weighted by atomic mass is 28.4. The lowest BCUT2D eigenvalue weighted by Crippen LogP contribution is -2.41. The van der Waals surface area contributed by atoms with E-state index in [1.54, 1.807) is 0 Å². The molecule has 0 heterocycles. The standard InChI is InChI=1S/C23H52N2O7Si/c1-3-5-11-21(4-2)18-32-20-23(27)17-25(13-9-7-6-8-12-24)16-22(26)19-31-14-10-15-33(28,29)30/h21-23,26-30H,3-20,24H2,1-2H3. The van der Waals surface area contributed by atoms with Gasteiger partial charge in [0.25, 0.3) is 0 Å². The Morgan fingerprint density at radius 2 is 1.45 bits per heavy atom. The molecule has 0 amide bonds. The first kappa shape index (κ1) is 32.9. The van der Waals surface area contributed by atoms with Gasteiger partial charge in [0.05, 0.1) is 25.4 Å². The third kappa shape index (κ3) is 22.1. The smallest absolute Gasteiger partial charge is 0.390 e. The van der Waals surface area contributed by atoms with E-state index in [-0.39, 0.29) is 25.9 Å². The minimum atomic E-state index is -4.03. The molecule has 0 radical (unpaired) electrons. The van der Waals surface area contributed by atoms with Crippen molar-refractivity contribution in [2.75, 3.05) is 52.6 Å². The van der Waals surface area contributed by atoms with Crippen LogP contribution >= 0.6 is 0 Å². The van der Waals surface area contributed by atoms with Gasteiger partial charge in [-0.05, 0) is 44.7 Å². The zero-order valence-corrected chi connectivity index (χ0v) is 22.0. The molecule has 10 heteroatoms. The van der Waals surface area contributed by atoms with Crippen molar-refractivity contribution in [3.05, 3.63) is 0 Å². The first-order valence-corrected chi connectivity index (χ1v) is 14.9. The monoisotopic (exact) mass is 496 g/mol. The van der Waals surface area contributed by atoms with Crippen LogP contribution in [0.4, 0.5) is 0 Å². The number of aliphatic hydroxyl groups is 2. The van der Waals surface area contributed by atoms with Gasteiger partial charge in [-0.2, -0.15) is 0 Å². The molecular weight excluding hydrogens is 444 g/mol. The maximum absolute atomic E-state index is 10.5. The predicted molar refractivity (Wildman–Crippen MR) is 133 cm³/mol. The van der Waals surface area contributed by atoms with Gasteiger partial charge in [0.1, 0.15) is 0 Å². The zero-order valence-electron chi connectivity index (χ0n) is 21.0. The highest BCUT2D eigenvalue weighted by molar-refractivity contribution is 6.56. The van der Waals surface area contributed by atoms with Crippen molar-refractivity contribution in [2.45, 2.75) is 89.9 Å². The second-order valence-corrected chi connectivity index (χ2v) is 11.2. The molecule has 33 heavy (non-hydrogen) atoms. The molecular formula is C23H52N2O7Si. The number of ether oxygens (including phenoxy) is 2. The lowest BCUT2D eigenvalue weighted by molar-refractivity contribution is -0.0164. The third-order valence-corrected chi connectivity index (χ3v) is 6.71. The van der Waals surface area contributed by atoms with Gasteiger partial charge in [-0.3, -0.25) is 4.90 Å². The fourth-order valence-corrected chi connectivity index (χ4v) is 4.31. The highest BCUT2D eigenvalue weighted by Crippen LogP contribution is 2.13. The Kier molecular flexibility index (Phi) is 21.1. The van der Waals surface area contributed by atoms with Gasteiger partial charge in [0.15, 0.2) is 0 Å². The Morgan fingerprint density at radius 1 is 0.818 bits per heavy atom. The van der Waals surface area contributed by atoms with E-state index < -0.39 is 21.0 Å². The number of rotatable bonds is 24. The lowest BCUT2D eigenvalue weighted by atomic mass is 10.0. The average molecular weight is 497 g/mol. The van der Waals surface area contributed by atoms with Gasteiger partial charge in [0, 0.05) is 32.3 Å². The number of aliphatic hydroxyl groups excluding tert-OH is 2. The Balaban J connectivity index is 4.38. The lowest BCUT2D eigenvalue weighted by Gasteiger charge is -2.27. The summed E-state index contributed by atoms with van der Waals surface area (Å²) in [6.45, 7) is 7.92. The van der Waals surface area contributed by atoms with Crippen LogP contribution in [0.2, 0.25) is 6.04 Å². The van der Waals surface area contributed by atoms with Crippen molar-refractivity contribution < 1.29 is 34.1 Å². The first-order valence-electron chi connectivity index (χ1n) is 12.8. The van der Waals surface area contributed by atoms with Crippen LogP contribution in [0.3, 0.4) is 0 Å².